The van der Waals surface area contributed by atoms with Crippen LogP contribution in [0.5, 0.6) is 0 Å². The minimum absolute atomic E-state index is 0.0398. The first-order valence-electron chi connectivity index (χ1n) is 6.17. The highest BCUT2D eigenvalue weighted by Crippen LogP contribution is 2.01. The monoisotopic (exact) mass is 256 g/mol. The lowest BCUT2D eigenvalue weighted by atomic mass is 10.1. The first-order valence-corrected chi connectivity index (χ1v) is 6.17. The Morgan fingerprint density at radius 3 is 2.68 bits per heavy atom. The summed E-state index contributed by atoms with van der Waals surface area (Å²) in [7, 11) is 0. The zero-order valence-corrected chi connectivity index (χ0v) is 10.8. The van der Waals surface area contributed by atoms with Gasteiger partial charge in [-0.1, -0.05) is 0 Å². The van der Waals surface area contributed by atoms with Gasteiger partial charge in [0.05, 0.1) is 12.1 Å². The Morgan fingerprint density at radius 1 is 1.21 bits per heavy atom. The van der Waals surface area contributed by atoms with E-state index < -0.39 is 0 Å². The molecule has 0 aromatic carbocycles. The van der Waals surface area contributed by atoms with Crippen molar-refractivity contribution >= 4 is 5.91 Å². The summed E-state index contributed by atoms with van der Waals surface area (Å²) in [5, 5.41) is 2.95. The smallest absolute Gasteiger partial charge is 0.226 e. The summed E-state index contributed by atoms with van der Waals surface area (Å²) in [6.07, 6.45) is 9.33. The van der Waals surface area contributed by atoms with Gasteiger partial charge in [-0.2, -0.15) is 0 Å². The molecule has 1 atom stereocenters. The summed E-state index contributed by atoms with van der Waals surface area (Å²) in [5.74, 6) is -0.0398. The number of nitrogens with zero attached hydrogens (tertiary/aromatic N) is 3. The minimum atomic E-state index is -0.0398. The topological polar surface area (TPSA) is 67.8 Å². The van der Waals surface area contributed by atoms with Crippen LogP contribution >= 0.6 is 0 Å². The van der Waals surface area contributed by atoms with E-state index in [1.54, 1.807) is 31.0 Å². The Morgan fingerprint density at radius 2 is 2.00 bits per heavy atom. The molecule has 1 unspecified atom stereocenters. The fraction of sp³-hybridized carbons (Fsp3) is 0.286. The Bertz CT molecular complexity index is 515. The van der Waals surface area contributed by atoms with Crippen LogP contribution in [0.15, 0.2) is 43.1 Å². The Kier molecular flexibility index (Phi) is 4.55. The molecule has 98 valence electrons. The van der Waals surface area contributed by atoms with Gasteiger partial charge in [-0.05, 0) is 31.0 Å². The molecule has 2 rings (SSSR count). The van der Waals surface area contributed by atoms with E-state index >= 15 is 0 Å². The maximum atomic E-state index is 11.8. The Balaban J connectivity index is 1.82. The van der Waals surface area contributed by atoms with E-state index in [2.05, 4.69) is 20.3 Å². The van der Waals surface area contributed by atoms with Gasteiger partial charge in [0.25, 0.3) is 0 Å². The van der Waals surface area contributed by atoms with E-state index in [1.165, 1.54) is 0 Å². The maximum absolute atomic E-state index is 11.8. The molecule has 19 heavy (non-hydrogen) atoms. The summed E-state index contributed by atoms with van der Waals surface area (Å²) in [5.41, 5.74) is 1.83. The first-order chi connectivity index (χ1) is 9.24. The quantitative estimate of drug-likeness (QED) is 0.871. The van der Waals surface area contributed by atoms with Gasteiger partial charge in [-0.25, -0.2) is 0 Å². The number of hydrogen-bond acceptors (Lipinski definition) is 4. The molecule has 5 nitrogen and oxygen atoms in total. The summed E-state index contributed by atoms with van der Waals surface area (Å²) in [4.78, 5) is 23.8. The average molecular weight is 256 g/mol. The van der Waals surface area contributed by atoms with Gasteiger partial charge in [-0.15, -0.1) is 0 Å². The third kappa shape index (κ3) is 4.46. The molecule has 0 aliphatic heterocycles. The molecule has 2 aromatic heterocycles. The van der Waals surface area contributed by atoms with Crippen LogP contribution in [0.4, 0.5) is 0 Å². The molecular weight excluding hydrogens is 240 g/mol. The van der Waals surface area contributed by atoms with E-state index in [9.17, 15) is 4.79 Å². The van der Waals surface area contributed by atoms with Crippen molar-refractivity contribution < 1.29 is 4.79 Å². The van der Waals surface area contributed by atoms with Crippen molar-refractivity contribution in [2.24, 2.45) is 0 Å². The second-order valence-electron chi connectivity index (χ2n) is 4.40. The van der Waals surface area contributed by atoms with E-state index in [0.29, 0.717) is 5.69 Å². The standard InChI is InChI=1S/C14H16N4O/c1-11(8-12-2-4-15-5-3-12)18-14(19)9-13-10-16-6-7-17-13/h2-7,10-11H,8-9H2,1H3,(H,18,19). The van der Waals surface area contributed by atoms with Gasteiger partial charge in [0.15, 0.2) is 0 Å². The summed E-state index contributed by atoms with van der Waals surface area (Å²) in [6.45, 7) is 1.98. The van der Waals surface area contributed by atoms with E-state index in [1.807, 2.05) is 19.1 Å². The van der Waals surface area contributed by atoms with Crippen LogP contribution in [0, 0.1) is 0 Å². The molecule has 1 N–H and O–H groups in total. The van der Waals surface area contributed by atoms with Crippen molar-refractivity contribution in [3.05, 3.63) is 54.4 Å². The van der Waals surface area contributed by atoms with Gasteiger partial charge >= 0.3 is 0 Å². The molecule has 5 heteroatoms. The third-order valence-electron chi connectivity index (χ3n) is 2.66. The highest BCUT2D eigenvalue weighted by Gasteiger charge is 2.09. The van der Waals surface area contributed by atoms with Crippen LogP contribution in [0.25, 0.3) is 0 Å². The number of hydrogen-bond donors (Lipinski definition) is 1. The number of aromatic nitrogens is 3. The predicted octanol–water partition coefficient (Wildman–Crippen LogP) is 1.16. The molecule has 0 aliphatic rings. The van der Waals surface area contributed by atoms with E-state index in [0.717, 1.165) is 12.0 Å². The molecule has 0 spiro atoms. The number of carbonyl (C=O) groups is 1. The molecule has 0 saturated carbocycles. The van der Waals surface area contributed by atoms with Gasteiger partial charge < -0.3 is 5.32 Å². The van der Waals surface area contributed by atoms with Gasteiger partial charge in [0, 0.05) is 37.0 Å². The number of pyridine rings is 1. The second-order valence-corrected chi connectivity index (χ2v) is 4.40. The summed E-state index contributed by atoms with van der Waals surface area (Å²) >= 11 is 0. The highest BCUT2D eigenvalue weighted by atomic mass is 16.1. The average Bonchev–Trinajstić information content (AvgIpc) is 2.40. The van der Waals surface area contributed by atoms with E-state index in [-0.39, 0.29) is 18.4 Å². The zero-order valence-electron chi connectivity index (χ0n) is 10.8. The van der Waals surface area contributed by atoms with E-state index in [4.69, 9.17) is 0 Å². The van der Waals surface area contributed by atoms with Crippen LogP contribution < -0.4 is 5.32 Å². The number of rotatable bonds is 5. The number of amides is 1. The van der Waals surface area contributed by atoms with Crippen molar-refractivity contribution in [2.75, 3.05) is 0 Å². The number of carbonyl (C=O) groups excluding carboxylic acids is 1. The Hall–Kier alpha value is -2.30. The van der Waals surface area contributed by atoms with Crippen molar-refractivity contribution in [1.29, 1.82) is 0 Å². The molecule has 1 amide bonds. The zero-order chi connectivity index (χ0) is 13.5. The maximum Gasteiger partial charge on any atom is 0.226 e. The van der Waals surface area contributed by atoms with Crippen molar-refractivity contribution in [3.8, 4) is 0 Å². The fourth-order valence-corrected chi connectivity index (χ4v) is 1.84. The first kappa shape index (κ1) is 13.1. The highest BCUT2D eigenvalue weighted by molar-refractivity contribution is 5.78. The van der Waals surface area contributed by atoms with Crippen LogP contribution in [0.3, 0.4) is 0 Å². The summed E-state index contributed by atoms with van der Waals surface area (Å²) < 4.78 is 0. The largest absolute Gasteiger partial charge is 0.353 e. The molecule has 0 bridgehead atoms. The van der Waals surface area contributed by atoms with Crippen molar-refractivity contribution in [2.45, 2.75) is 25.8 Å². The van der Waals surface area contributed by atoms with Gasteiger partial charge in [0.1, 0.15) is 0 Å². The summed E-state index contributed by atoms with van der Waals surface area (Å²) in [6, 6.07) is 3.97. The normalized spacial score (nSPS) is 11.8. The molecule has 0 radical (unpaired) electrons. The van der Waals surface area contributed by atoms with Crippen molar-refractivity contribution in [1.82, 2.24) is 20.3 Å². The van der Waals surface area contributed by atoms with Crippen LogP contribution in [0.2, 0.25) is 0 Å². The van der Waals surface area contributed by atoms with Gasteiger partial charge in [-0.3, -0.25) is 19.7 Å². The lowest BCUT2D eigenvalue weighted by Gasteiger charge is -2.13. The molecule has 0 fully saturated rings. The Labute approximate surface area is 112 Å². The number of nitrogens with one attached hydrogen (secondary N) is 1. The molecule has 0 saturated heterocycles. The molecule has 2 heterocycles. The molecular formula is C14H16N4O. The van der Waals surface area contributed by atoms with Crippen LogP contribution in [-0.4, -0.2) is 26.9 Å². The minimum Gasteiger partial charge on any atom is -0.353 e. The lowest BCUT2D eigenvalue weighted by molar-refractivity contribution is -0.121. The van der Waals surface area contributed by atoms with Crippen molar-refractivity contribution in [3.63, 3.8) is 0 Å². The lowest BCUT2D eigenvalue weighted by Crippen LogP contribution is -2.35. The van der Waals surface area contributed by atoms with Crippen LogP contribution in [-0.2, 0) is 17.6 Å². The molecule has 0 aliphatic carbocycles. The predicted molar refractivity (Wildman–Crippen MR) is 71.3 cm³/mol. The molecule has 2 aromatic rings. The third-order valence-corrected chi connectivity index (χ3v) is 2.66. The SMILES string of the molecule is CC(Cc1ccncc1)NC(=O)Cc1cnccn1. The fourth-order valence-electron chi connectivity index (χ4n) is 1.84. The van der Waals surface area contributed by atoms with Crippen LogP contribution in [0.1, 0.15) is 18.2 Å². The second kappa shape index (κ2) is 6.58. The van der Waals surface area contributed by atoms with Gasteiger partial charge in [0.2, 0.25) is 5.91 Å².